The van der Waals surface area contributed by atoms with Crippen molar-refractivity contribution >= 4 is 35.8 Å². The van der Waals surface area contributed by atoms with Crippen LogP contribution in [0.2, 0.25) is 0 Å². The summed E-state index contributed by atoms with van der Waals surface area (Å²) in [5, 5.41) is 6.18. The van der Waals surface area contributed by atoms with Crippen molar-refractivity contribution < 1.29 is 4.79 Å². The van der Waals surface area contributed by atoms with E-state index in [1.807, 2.05) is 68.4 Å². The molecule has 0 radical (unpaired) electrons. The Morgan fingerprint density at radius 1 is 1.00 bits per heavy atom. The Hall–Kier alpha value is -2.09. The van der Waals surface area contributed by atoms with Crippen LogP contribution in [-0.4, -0.2) is 37.4 Å². The molecule has 0 fully saturated rings. The molecule has 5 nitrogen and oxygen atoms in total. The van der Waals surface area contributed by atoms with Crippen molar-refractivity contribution in [1.29, 1.82) is 0 Å². The van der Waals surface area contributed by atoms with E-state index in [4.69, 9.17) is 0 Å². The Balaban J connectivity index is 0.00000338. The van der Waals surface area contributed by atoms with E-state index in [-0.39, 0.29) is 29.9 Å². The van der Waals surface area contributed by atoms with Gasteiger partial charge in [-0.25, -0.2) is 4.99 Å². The molecular formula is C20H27IN4O. The molecule has 0 heterocycles. The Morgan fingerprint density at radius 3 is 2.35 bits per heavy atom. The predicted molar refractivity (Wildman–Crippen MR) is 118 cm³/mol. The molecule has 0 aliphatic carbocycles. The van der Waals surface area contributed by atoms with E-state index < -0.39 is 0 Å². The van der Waals surface area contributed by atoms with Gasteiger partial charge in [-0.3, -0.25) is 4.79 Å². The maximum atomic E-state index is 11.9. The fourth-order valence-electron chi connectivity index (χ4n) is 2.37. The second kappa shape index (κ2) is 11.5. The molecule has 0 unspecified atom stereocenters. The zero-order valence-electron chi connectivity index (χ0n) is 15.5. The summed E-state index contributed by atoms with van der Waals surface area (Å²) in [6.07, 6.45) is 0. The van der Waals surface area contributed by atoms with E-state index in [1.54, 1.807) is 0 Å². The van der Waals surface area contributed by atoms with Crippen molar-refractivity contribution in [3.8, 4) is 0 Å². The first kappa shape index (κ1) is 22.0. The molecule has 2 aromatic rings. The molecule has 0 aromatic heterocycles. The van der Waals surface area contributed by atoms with E-state index >= 15 is 0 Å². The van der Waals surface area contributed by atoms with Gasteiger partial charge in [-0.05, 0) is 30.2 Å². The molecule has 26 heavy (non-hydrogen) atoms. The summed E-state index contributed by atoms with van der Waals surface area (Å²) in [7, 11) is 3.92. The lowest BCUT2D eigenvalue weighted by Gasteiger charge is -2.18. The zero-order chi connectivity index (χ0) is 18.1. The SMILES string of the molecule is CCNC(=O)c1cccc(CN=C(NCc2ccccc2)N(C)C)c1.I. The summed E-state index contributed by atoms with van der Waals surface area (Å²) in [5.41, 5.74) is 2.87. The average molecular weight is 466 g/mol. The van der Waals surface area contributed by atoms with E-state index in [2.05, 4.69) is 27.8 Å². The van der Waals surface area contributed by atoms with Crippen LogP contribution in [0.25, 0.3) is 0 Å². The second-order valence-corrected chi connectivity index (χ2v) is 5.93. The molecule has 1 amide bonds. The first-order chi connectivity index (χ1) is 12.1. The predicted octanol–water partition coefficient (Wildman–Crippen LogP) is 3.26. The highest BCUT2D eigenvalue weighted by Gasteiger charge is 2.06. The van der Waals surface area contributed by atoms with Gasteiger partial charge >= 0.3 is 0 Å². The minimum absolute atomic E-state index is 0. The van der Waals surface area contributed by atoms with Gasteiger partial charge in [-0.15, -0.1) is 24.0 Å². The van der Waals surface area contributed by atoms with Crippen LogP contribution >= 0.6 is 24.0 Å². The minimum atomic E-state index is -0.0524. The summed E-state index contributed by atoms with van der Waals surface area (Å²) >= 11 is 0. The van der Waals surface area contributed by atoms with Crippen molar-refractivity contribution in [2.24, 2.45) is 4.99 Å². The smallest absolute Gasteiger partial charge is 0.251 e. The third-order valence-corrected chi connectivity index (χ3v) is 3.65. The number of benzene rings is 2. The van der Waals surface area contributed by atoms with Crippen molar-refractivity contribution in [3.63, 3.8) is 0 Å². The van der Waals surface area contributed by atoms with Crippen LogP contribution in [0.3, 0.4) is 0 Å². The molecule has 0 aliphatic heterocycles. The number of nitrogens with one attached hydrogen (secondary N) is 2. The molecule has 6 heteroatoms. The number of guanidine groups is 1. The number of hydrogen-bond acceptors (Lipinski definition) is 2. The van der Waals surface area contributed by atoms with Gasteiger partial charge in [0.1, 0.15) is 0 Å². The Morgan fingerprint density at radius 2 is 1.69 bits per heavy atom. The first-order valence-electron chi connectivity index (χ1n) is 8.47. The molecular weight excluding hydrogens is 439 g/mol. The normalized spacial score (nSPS) is 10.7. The number of aliphatic imine (C=N–C) groups is 1. The van der Waals surface area contributed by atoms with Gasteiger partial charge in [-0.2, -0.15) is 0 Å². The summed E-state index contributed by atoms with van der Waals surface area (Å²) in [4.78, 5) is 18.5. The summed E-state index contributed by atoms with van der Waals surface area (Å²) in [6.45, 7) is 3.77. The molecule has 2 N–H and O–H groups in total. The van der Waals surface area contributed by atoms with Crippen LogP contribution in [0.15, 0.2) is 59.6 Å². The molecule has 0 saturated heterocycles. The van der Waals surface area contributed by atoms with Crippen LogP contribution in [0.4, 0.5) is 0 Å². The Kier molecular flexibility index (Phi) is 9.72. The third-order valence-electron chi connectivity index (χ3n) is 3.65. The van der Waals surface area contributed by atoms with E-state index in [0.717, 1.165) is 18.1 Å². The maximum absolute atomic E-state index is 11.9. The number of amides is 1. The Bertz CT molecular complexity index is 717. The summed E-state index contributed by atoms with van der Waals surface area (Å²) in [5.74, 6) is 0.760. The maximum Gasteiger partial charge on any atom is 0.251 e. The number of carbonyl (C=O) groups excluding carboxylic acids is 1. The van der Waals surface area contributed by atoms with Crippen LogP contribution in [-0.2, 0) is 13.1 Å². The lowest BCUT2D eigenvalue weighted by atomic mass is 10.1. The number of rotatable bonds is 6. The third kappa shape index (κ3) is 7.03. The highest BCUT2D eigenvalue weighted by molar-refractivity contribution is 14.0. The van der Waals surface area contributed by atoms with Crippen molar-refractivity contribution in [2.75, 3.05) is 20.6 Å². The minimum Gasteiger partial charge on any atom is -0.352 e. The molecule has 2 aromatic carbocycles. The van der Waals surface area contributed by atoms with Gasteiger partial charge in [-0.1, -0.05) is 42.5 Å². The number of carbonyl (C=O) groups is 1. The molecule has 0 spiro atoms. The Labute approximate surface area is 172 Å². The van der Waals surface area contributed by atoms with Crippen molar-refractivity contribution in [2.45, 2.75) is 20.0 Å². The number of halogens is 1. The van der Waals surface area contributed by atoms with Gasteiger partial charge in [0.15, 0.2) is 5.96 Å². The van der Waals surface area contributed by atoms with Gasteiger partial charge in [0.2, 0.25) is 0 Å². The summed E-state index contributed by atoms with van der Waals surface area (Å²) < 4.78 is 0. The van der Waals surface area contributed by atoms with Crippen molar-refractivity contribution in [3.05, 3.63) is 71.3 Å². The zero-order valence-corrected chi connectivity index (χ0v) is 17.9. The average Bonchev–Trinajstić information content (AvgIpc) is 2.62. The molecule has 2 rings (SSSR count). The fourth-order valence-corrected chi connectivity index (χ4v) is 2.37. The molecule has 0 aliphatic rings. The molecule has 0 saturated carbocycles. The van der Waals surface area contributed by atoms with Crippen LogP contribution < -0.4 is 10.6 Å². The number of nitrogens with zero attached hydrogens (tertiary/aromatic N) is 2. The lowest BCUT2D eigenvalue weighted by Crippen LogP contribution is -2.36. The van der Waals surface area contributed by atoms with Gasteiger partial charge in [0, 0.05) is 32.7 Å². The molecule has 0 bridgehead atoms. The highest BCUT2D eigenvalue weighted by atomic mass is 127. The molecule has 0 atom stereocenters. The summed E-state index contributed by atoms with van der Waals surface area (Å²) in [6, 6.07) is 17.8. The van der Waals surface area contributed by atoms with Gasteiger partial charge < -0.3 is 15.5 Å². The quantitative estimate of drug-likeness (QED) is 0.391. The van der Waals surface area contributed by atoms with Crippen LogP contribution in [0.5, 0.6) is 0 Å². The van der Waals surface area contributed by atoms with Crippen molar-refractivity contribution in [1.82, 2.24) is 15.5 Å². The van der Waals surface area contributed by atoms with E-state index in [1.165, 1.54) is 5.56 Å². The van der Waals surface area contributed by atoms with E-state index in [0.29, 0.717) is 18.7 Å². The highest BCUT2D eigenvalue weighted by Crippen LogP contribution is 2.07. The number of hydrogen-bond donors (Lipinski definition) is 2. The van der Waals surface area contributed by atoms with Gasteiger partial charge in [0.05, 0.1) is 6.54 Å². The fraction of sp³-hybridized carbons (Fsp3) is 0.300. The second-order valence-electron chi connectivity index (χ2n) is 5.93. The van der Waals surface area contributed by atoms with E-state index in [9.17, 15) is 4.79 Å². The van der Waals surface area contributed by atoms with Gasteiger partial charge in [0.25, 0.3) is 5.91 Å². The first-order valence-corrected chi connectivity index (χ1v) is 8.47. The van der Waals surface area contributed by atoms with Crippen LogP contribution in [0.1, 0.15) is 28.4 Å². The largest absolute Gasteiger partial charge is 0.352 e. The lowest BCUT2D eigenvalue weighted by molar-refractivity contribution is 0.0955. The topological polar surface area (TPSA) is 56.7 Å². The monoisotopic (exact) mass is 466 g/mol. The molecule has 140 valence electrons. The standard InChI is InChI=1S/C20H26N4O.HI/c1-4-21-19(25)18-12-8-11-17(13-18)15-23-20(24(2)3)22-14-16-9-6-5-7-10-16;/h5-13H,4,14-15H2,1-3H3,(H,21,25)(H,22,23);1H. The van der Waals surface area contributed by atoms with Crippen LogP contribution in [0, 0.1) is 0 Å².